The van der Waals surface area contributed by atoms with Crippen molar-refractivity contribution in [3.8, 4) is 0 Å². The lowest BCUT2D eigenvalue weighted by Gasteiger charge is -2.19. The number of nitrogens with one attached hydrogen (secondary N) is 1. The van der Waals surface area contributed by atoms with Crippen LogP contribution in [0, 0.1) is 0 Å². The van der Waals surface area contributed by atoms with E-state index in [1.165, 1.54) is 0 Å². The summed E-state index contributed by atoms with van der Waals surface area (Å²) in [6.07, 6.45) is 0.850. The predicted octanol–water partition coefficient (Wildman–Crippen LogP) is 3.53. The van der Waals surface area contributed by atoms with Crippen molar-refractivity contribution in [2.24, 2.45) is 0 Å². The van der Waals surface area contributed by atoms with Gasteiger partial charge in [-0.25, -0.2) is 8.42 Å². The Bertz CT molecular complexity index is 826. The molecule has 1 amide bonds. The van der Waals surface area contributed by atoms with Gasteiger partial charge in [-0.05, 0) is 56.2 Å². The summed E-state index contributed by atoms with van der Waals surface area (Å²) >= 11 is 0. The molecule has 2 aromatic carbocycles. The van der Waals surface area contributed by atoms with Gasteiger partial charge in [0.2, 0.25) is 0 Å². The van der Waals surface area contributed by atoms with Crippen LogP contribution in [0.5, 0.6) is 0 Å². The van der Waals surface area contributed by atoms with Gasteiger partial charge in [0.15, 0.2) is 0 Å². The zero-order valence-corrected chi connectivity index (χ0v) is 15.6. The highest BCUT2D eigenvalue weighted by atomic mass is 32.2. The Hall–Kier alpha value is -2.34. The maximum atomic E-state index is 12.5. The monoisotopic (exact) mass is 360 g/mol. The Labute approximate surface area is 149 Å². The molecule has 2 aromatic rings. The van der Waals surface area contributed by atoms with Crippen LogP contribution in [0.25, 0.3) is 0 Å². The Morgan fingerprint density at radius 2 is 1.64 bits per heavy atom. The van der Waals surface area contributed by atoms with Crippen LogP contribution in [0.15, 0.2) is 53.4 Å². The SMILES string of the molecule is CCc1ccc(S(=O)(=O)Nc2cccc(C(=O)N(CC)CC)c2)cc1. The molecule has 0 aromatic heterocycles. The normalized spacial score (nSPS) is 11.2. The maximum absolute atomic E-state index is 12.5. The average Bonchev–Trinajstić information content (AvgIpc) is 2.62. The van der Waals surface area contributed by atoms with Gasteiger partial charge in [0.1, 0.15) is 0 Å². The van der Waals surface area contributed by atoms with Crippen molar-refractivity contribution in [2.45, 2.75) is 32.1 Å². The van der Waals surface area contributed by atoms with E-state index >= 15 is 0 Å². The van der Waals surface area contributed by atoms with Gasteiger partial charge in [-0.3, -0.25) is 9.52 Å². The first-order valence-electron chi connectivity index (χ1n) is 8.42. The van der Waals surface area contributed by atoms with Gasteiger partial charge in [0.05, 0.1) is 4.90 Å². The fourth-order valence-electron chi connectivity index (χ4n) is 2.53. The van der Waals surface area contributed by atoms with Crippen molar-refractivity contribution < 1.29 is 13.2 Å². The highest BCUT2D eigenvalue weighted by Gasteiger charge is 2.16. The molecule has 0 aliphatic heterocycles. The molecule has 2 rings (SSSR count). The number of aryl methyl sites for hydroxylation is 1. The lowest BCUT2D eigenvalue weighted by Crippen LogP contribution is -2.30. The Morgan fingerprint density at radius 1 is 1.00 bits per heavy atom. The lowest BCUT2D eigenvalue weighted by molar-refractivity contribution is 0.0773. The summed E-state index contributed by atoms with van der Waals surface area (Å²) in [4.78, 5) is 14.3. The second-order valence-corrected chi connectivity index (χ2v) is 7.34. The van der Waals surface area contributed by atoms with E-state index in [1.807, 2.05) is 20.8 Å². The standard InChI is InChI=1S/C19H24N2O3S/c1-4-15-10-12-18(13-11-15)25(23,24)20-17-9-7-8-16(14-17)19(22)21(5-2)6-3/h7-14,20H,4-6H2,1-3H3. The third-order valence-corrected chi connectivity index (χ3v) is 5.45. The summed E-state index contributed by atoms with van der Waals surface area (Å²) in [6, 6.07) is 13.3. The summed E-state index contributed by atoms with van der Waals surface area (Å²) in [5.74, 6) is -0.113. The minimum atomic E-state index is -3.69. The third-order valence-electron chi connectivity index (χ3n) is 4.05. The molecule has 0 saturated heterocycles. The Kier molecular flexibility index (Phi) is 6.20. The molecule has 134 valence electrons. The van der Waals surface area contributed by atoms with Crippen LogP contribution in [0.4, 0.5) is 5.69 Å². The van der Waals surface area contributed by atoms with Crippen LogP contribution in [-0.2, 0) is 16.4 Å². The van der Waals surface area contributed by atoms with Crippen LogP contribution in [-0.4, -0.2) is 32.3 Å². The molecule has 0 radical (unpaired) electrons. The van der Waals surface area contributed by atoms with E-state index in [4.69, 9.17) is 0 Å². The molecule has 0 bridgehead atoms. The van der Waals surface area contributed by atoms with Crippen molar-refractivity contribution in [3.63, 3.8) is 0 Å². The second-order valence-electron chi connectivity index (χ2n) is 5.66. The quantitative estimate of drug-likeness (QED) is 0.821. The van der Waals surface area contributed by atoms with Crippen LogP contribution in [0.2, 0.25) is 0 Å². The highest BCUT2D eigenvalue weighted by molar-refractivity contribution is 7.92. The number of carbonyl (C=O) groups is 1. The zero-order chi connectivity index (χ0) is 18.4. The Balaban J connectivity index is 2.24. The van der Waals surface area contributed by atoms with E-state index in [0.717, 1.165) is 12.0 Å². The second kappa shape index (κ2) is 8.16. The zero-order valence-electron chi connectivity index (χ0n) is 14.8. The van der Waals surface area contributed by atoms with Gasteiger partial charge < -0.3 is 4.90 Å². The fourth-order valence-corrected chi connectivity index (χ4v) is 3.58. The minimum Gasteiger partial charge on any atom is -0.339 e. The fraction of sp³-hybridized carbons (Fsp3) is 0.316. The summed E-state index contributed by atoms with van der Waals surface area (Å²) in [7, 11) is -3.69. The molecule has 1 N–H and O–H groups in total. The van der Waals surface area contributed by atoms with E-state index in [2.05, 4.69) is 4.72 Å². The summed E-state index contributed by atoms with van der Waals surface area (Å²) in [5, 5.41) is 0. The largest absolute Gasteiger partial charge is 0.339 e. The van der Waals surface area contributed by atoms with Crippen LogP contribution < -0.4 is 4.72 Å². The van der Waals surface area contributed by atoms with Gasteiger partial charge in [-0.15, -0.1) is 0 Å². The number of hydrogen-bond acceptors (Lipinski definition) is 3. The number of benzene rings is 2. The van der Waals surface area contributed by atoms with E-state index in [9.17, 15) is 13.2 Å². The first-order chi connectivity index (χ1) is 11.9. The molecule has 0 heterocycles. The van der Waals surface area contributed by atoms with Gasteiger partial charge >= 0.3 is 0 Å². The van der Waals surface area contributed by atoms with Gasteiger partial charge in [0, 0.05) is 24.3 Å². The number of carbonyl (C=O) groups excluding carboxylic acids is 1. The number of anilines is 1. The lowest BCUT2D eigenvalue weighted by atomic mass is 10.2. The first-order valence-corrected chi connectivity index (χ1v) is 9.90. The molecule has 0 aliphatic rings. The van der Waals surface area contributed by atoms with E-state index < -0.39 is 10.0 Å². The van der Waals surface area contributed by atoms with E-state index in [0.29, 0.717) is 24.3 Å². The highest BCUT2D eigenvalue weighted by Crippen LogP contribution is 2.19. The van der Waals surface area contributed by atoms with Crippen molar-refractivity contribution in [3.05, 3.63) is 59.7 Å². The van der Waals surface area contributed by atoms with Crippen molar-refractivity contribution in [2.75, 3.05) is 17.8 Å². The number of hydrogen-bond donors (Lipinski definition) is 1. The number of amides is 1. The molecule has 0 aliphatic carbocycles. The molecule has 0 unspecified atom stereocenters. The predicted molar refractivity (Wildman–Crippen MR) is 100 cm³/mol. The van der Waals surface area contributed by atoms with Crippen LogP contribution in [0.1, 0.15) is 36.7 Å². The summed E-state index contributed by atoms with van der Waals surface area (Å²) < 4.78 is 27.6. The third kappa shape index (κ3) is 4.60. The molecule has 25 heavy (non-hydrogen) atoms. The Morgan fingerprint density at radius 3 is 2.20 bits per heavy atom. The van der Waals surface area contributed by atoms with Crippen molar-refractivity contribution >= 4 is 21.6 Å². The van der Waals surface area contributed by atoms with Gasteiger partial charge in [0.25, 0.3) is 15.9 Å². The first kappa shape index (κ1) is 19.0. The van der Waals surface area contributed by atoms with E-state index in [1.54, 1.807) is 53.4 Å². The number of rotatable bonds is 7. The molecule has 0 saturated carbocycles. The molecular weight excluding hydrogens is 336 g/mol. The maximum Gasteiger partial charge on any atom is 0.261 e. The summed E-state index contributed by atoms with van der Waals surface area (Å²) in [6.45, 7) is 7.05. The van der Waals surface area contributed by atoms with Crippen LogP contribution in [0.3, 0.4) is 0 Å². The average molecular weight is 360 g/mol. The molecular formula is C19H24N2O3S. The van der Waals surface area contributed by atoms with Gasteiger partial charge in [-0.1, -0.05) is 25.1 Å². The molecule has 0 atom stereocenters. The topological polar surface area (TPSA) is 66.5 Å². The summed E-state index contributed by atoms with van der Waals surface area (Å²) in [5.41, 5.74) is 1.91. The minimum absolute atomic E-state index is 0.113. The number of nitrogens with zero attached hydrogens (tertiary/aromatic N) is 1. The molecule has 0 spiro atoms. The molecule has 0 fully saturated rings. The van der Waals surface area contributed by atoms with Crippen molar-refractivity contribution in [1.29, 1.82) is 0 Å². The van der Waals surface area contributed by atoms with Gasteiger partial charge in [-0.2, -0.15) is 0 Å². The smallest absolute Gasteiger partial charge is 0.261 e. The van der Waals surface area contributed by atoms with Crippen LogP contribution >= 0.6 is 0 Å². The van der Waals surface area contributed by atoms with Crippen molar-refractivity contribution in [1.82, 2.24) is 4.90 Å². The number of sulfonamides is 1. The molecule has 5 nitrogen and oxygen atoms in total. The molecule has 6 heteroatoms. The van der Waals surface area contributed by atoms with E-state index in [-0.39, 0.29) is 10.8 Å².